The summed E-state index contributed by atoms with van der Waals surface area (Å²) < 4.78 is 0. The van der Waals surface area contributed by atoms with Gasteiger partial charge in [0, 0.05) is 30.3 Å². The van der Waals surface area contributed by atoms with E-state index in [4.69, 9.17) is 0 Å². The van der Waals surface area contributed by atoms with Gasteiger partial charge < -0.3 is 15.3 Å². The van der Waals surface area contributed by atoms with Crippen LogP contribution < -0.4 is 15.1 Å². The van der Waals surface area contributed by atoms with Gasteiger partial charge in [-0.1, -0.05) is 54.1 Å². The summed E-state index contributed by atoms with van der Waals surface area (Å²) in [5.74, 6) is -2.94. The van der Waals surface area contributed by atoms with Gasteiger partial charge in [0.1, 0.15) is 12.1 Å². The first-order valence-corrected chi connectivity index (χ1v) is 13.7. The van der Waals surface area contributed by atoms with Crippen molar-refractivity contribution in [2.24, 2.45) is 0 Å². The molecule has 222 valence electrons. The van der Waals surface area contributed by atoms with Gasteiger partial charge in [0.2, 0.25) is 5.91 Å². The Morgan fingerprint density at radius 2 is 1.59 bits per heavy atom. The molecule has 0 saturated carbocycles. The second-order valence-corrected chi connectivity index (χ2v) is 10.4. The van der Waals surface area contributed by atoms with Crippen molar-refractivity contribution in [1.82, 2.24) is 0 Å². The minimum Gasteiger partial charge on any atom is -0.480 e. The van der Waals surface area contributed by atoms with Crippen molar-refractivity contribution < 1.29 is 29.2 Å². The summed E-state index contributed by atoms with van der Waals surface area (Å²) in [5, 5.41) is 24.2. The summed E-state index contributed by atoms with van der Waals surface area (Å²) >= 11 is 0. The van der Waals surface area contributed by atoms with Crippen molar-refractivity contribution in [2.45, 2.75) is 20.3 Å². The van der Waals surface area contributed by atoms with Gasteiger partial charge in [0.25, 0.3) is 17.5 Å². The maximum Gasteiger partial charge on any atom is 0.323 e. The topological polar surface area (TPSA) is 150 Å². The summed E-state index contributed by atoms with van der Waals surface area (Å²) in [6.45, 7) is 3.23. The van der Waals surface area contributed by atoms with Gasteiger partial charge in [-0.25, -0.2) is 0 Å². The zero-order valence-corrected chi connectivity index (χ0v) is 23.9. The smallest absolute Gasteiger partial charge is 0.323 e. The minimum atomic E-state index is -1.22. The second kappa shape index (κ2) is 12.2. The molecule has 0 bridgehead atoms. The zero-order valence-electron chi connectivity index (χ0n) is 23.9. The fourth-order valence-electron chi connectivity index (χ4n) is 5.35. The first-order chi connectivity index (χ1) is 21.0. The number of fused-ring (bicyclic) bond motifs is 1. The number of aryl methyl sites for hydroxylation is 2. The Kier molecular flexibility index (Phi) is 8.21. The number of carboxylic acid groups (broad SMARTS) is 1. The molecule has 2 N–H and O–H groups in total. The number of anilines is 3. The van der Waals surface area contributed by atoms with Crippen molar-refractivity contribution in [1.29, 1.82) is 0 Å². The average Bonchev–Trinajstić information content (AvgIpc) is 3.13. The van der Waals surface area contributed by atoms with Crippen LogP contribution in [0.1, 0.15) is 38.3 Å². The number of benzene rings is 4. The number of nitro groups is 1. The second-order valence-electron chi connectivity index (χ2n) is 10.4. The lowest BCUT2D eigenvalue weighted by Gasteiger charge is -2.24. The van der Waals surface area contributed by atoms with Gasteiger partial charge in [-0.15, -0.1) is 0 Å². The normalized spacial score (nSPS) is 12.7. The third-order valence-corrected chi connectivity index (χ3v) is 7.38. The molecule has 0 fully saturated rings. The number of para-hydroxylation sites is 2. The quantitative estimate of drug-likeness (QED) is 0.209. The number of hydrogen-bond acceptors (Lipinski definition) is 6. The Morgan fingerprint density at radius 3 is 2.30 bits per heavy atom. The van der Waals surface area contributed by atoms with Crippen LogP contribution in [0.3, 0.4) is 0 Å². The fourth-order valence-corrected chi connectivity index (χ4v) is 5.35. The highest BCUT2D eigenvalue weighted by atomic mass is 16.6. The molecule has 0 unspecified atom stereocenters. The molecule has 0 spiro atoms. The minimum absolute atomic E-state index is 0.115. The number of carboxylic acids is 1. The summed E-state index contributed by atoms with van der Waals surface area (Å²) in [5.41, 5.74) is 3.82. The van der Waals surface area contributed by atoms with E-state index in [1.54, 1.807) is 30.3 Å². The maximum atomic E-state index is 13.8. The number of rotatable bonds is 7. The molecule has 44 heavy (non-hydrogen) atoms. The molecule has 11 nitrogen and oxygen atoms in total. The van der Waals surface area contributed by atoms with Crippen LogP contribution in [0.25, 0.3) is 11.1 Å². The SMILES string of the molecule is Cc1ccc(-c2ccccc2C(=O)Nc2ccc(C(=O)N3CCC(=O)N(CC(=O)O)c4ccccc43)c([N+](=O)[O-])c2)c(C)c1. The Bertz CT molecular complexity index is 1830. The highest BCUT2D eigenvalue weighted by molar-refractivity contribution is 6.14. The van der Waals surface area contributed by atoms with Crippen LogP contribution in [0.5, 0.6) is 0 Å². The molecule has 4 aromatic rings. The first kappa shape index (κ1) is 29.6. The molecule has 5 rings (SSSR count). The van der Waals surface area contributed by atoms with Crippen LogP contribution in [0.15, 0.2) is 84.9 Å². The maximum absolute atomic E-state index is 13.8. The molecule has 0 atom stereocenters. The fraction of sp³-hybridized carbons (Fsp3) is 0.152. The molecule has 3 amide bonds. The molecule has 0 aliphatic carbocycles. The Labute approximate surface area is 252 Å². The van der Waals surface area contributed by atoms with E-state index in [0.717, 1.165) is 27.7 Å². The van der Waals surface area contributed by atoms with E-state index in [-0.39, 0.29) is 35.6 Å². The van der Waals surface area contributed by atoms with Crippen LogP contribution in [-0.4, -0.2) is 46.8 Å². The van der Waals surface area contributed by atoms with Crippen LogP contribution in [-0.2, 0) is 9.59 Å². The van der Waals surface area contributed by atoms with Gasteiger partial charge in [-0.2, -0.15) is 0 Å². The van der Waals surface area contributed by atoms with E-state index in [2.05, 4.69) is 5.32 Å². The first-order valence-electron chi connectivity index (χ1n) is 13.7. The van der Waals surface area contributed by atoms with Gasteiger partial charge in [-0.3, -0.25) is 34.2 Å². The number of amides is 3. The standard InChI is InChI=1S/C33H28N4O7/c1-20-11-13-23(21(2)17-20)24-7-3-4-8-25(24)32(41)34-22-12-14-26(29(18-22)37(43)44)33(42)35-16-15-30(38)36(19-31(39)40)28-10-6-5-9-27(28)35/h3-14,17-18H,15-16,19H2,1-2H3,(H,34,41)(H,39,40). The molecule has 4 aromatic carbocycles. The van der Waals surface area contributed by atoms with Gasteiger partial charge >= 0.3 is 5.97 Å². The van der Waals surface area contributed by atoms with E-state index >= 15 is 0 Å². The van der Waals surface area contributed by atoms with E-state index < -0.39 is 40.8 Å². The zero-order chi connectivity index (χ0) is 31.5. The number of hydrogen-bond donors (Lipinski definition) is 2. The molecular weight excluding hydrogens is 564 g/mol. The predicted octanol–water partition coefficient (Wildman–Crippen LogP) is 5.60. The van der Waals surface area contributed by atoms with Gasteiger partial charge in [0.05, 0.1) is 16.3 Å². The van der Waals surface area contributed by atoms with Gasteiger partial charge in [0.15, 0.2) is 0 Å². The number of nitrogens with one attached hydrogen (secondary N) is 1. The van der Waals surface area contributed by atoms with Crippen molar-refractivity contribution in [3.63, 3.8) is 0 Å². The number of nitrogens with zero attached hydrogens (tertiary/aromatic N) is 3. The summed E-state index contributed by atoms with van der Waals surface area (Å²) in [6, 6.07) is 23.1. The molecule has 0 aromatic heterocycles. The molecular formula is C33H28N4O7. The Morgan fingerprint density at radius 1 is 0.886 bits per heavy atom. The molecule has 1 aliphatic heterocycles. The lowest BCUT2D eigenvalue weighted by atomic mass is 9.94. The highest BCUT2D eigenvalue weighted by Gasteiger charge is 2.33. The van der Waals surface area contributed by atoms with E-state index in [9.17, 15) is 34.4 Å². The van der Waals surface area contributed by atoms with Crippen molar-refractivity contribution in [3.05, 3.63) is 117 Å². The van der Waals surface area contributed by atoms with Crippen molar-refractivity contribution in [2.75, 3.05) is 28.2 Å². The largest absolute Gasteiger partial charge is 0.480 e. The molecule has 1 aliphatic rings. The van der Waals surface area contributed by atoms with Crippen LogP contribution in [0, 0.1) is 24.0 Å². The number of nitro benzene ring substituents is 1. The van der Waals surface area contributed by atoms with E-state index in [1.165, 1.54) is 23.1 Å². The van der Waals surface area contributed by atoms with Crippen LogP contribution in [0.4, 0.5) is 22.7 Å². The lowest BCUT2D eigenvalue weighted by molar-refractivity contribution is -0.385. The Hall–Kier alpha value is -5.84. The number of carbonyl (C=O) groups excluding carboxylic acids is 3. The third kappa shape index (κ3) is 5.88. The van der Waals surface area contributed by atoms with Gasteiger partial charge in [-0.05, 0) is 60.9 Å². The predicted molar refractivity (Wildman–Crippen MR) is 165 cm³/mol. The van der Waals surface area contributed by atoms with Crippen LogP contribution >= 0.6 is 0 Å². The monoisotopic (exact) mass is 592 g/mol. The van der Waals surface area contributed by atoms with Crippen molar-refractivity contribution >= 4 is 46.4 Å². The average molecular weight is 593 g/mol. The lowest BCUT2D eigenvalue weighted by Crippen LogP contribution is -2.35. The highest BCUT2D eigenvalue weighted by Crippen LogP contribution is 2.35. The third-order valence-electron chi connectivity index (χ3n) is 7.38. The molecule has 1 heterocycles. The van der Waals surface area contributed by atoms with Crippen LogP contribution in [0.2, 0.25) is 0 Å². The Balaban J connectivity index is 1.47. The number of carbonyl (C=O) groups is 4. The number of aliphatic carboxylic acids is 1. The molecule has 0 saturated heterocycles. The summed E-state index contributed by atoms with van der Waals surface area (Å²) in [4.78, 5) is 65.2. The van der Waals surface area contributed by atoms with Crippen molar-refractivity contribution in [3.8, 4) is 11.1 Å². The van der Waals surface area contributed by atoms with E-state index in [0.29, 0.717) is 11.1 Å². The molecule has 11 heteroatoms. The molecule has 0 radical (unpaired) electrons. The summed E-state index contributed by atoms with van der Waals surface area (Å²) in [6.07, 6.45) is -0.185. The summed E-state index contributed by atoms with van der Waals surface area (Å²) in [7, 11) is 0. The van der Waals surface area contributed by atoms with E-state index in [1.807, 2.05) is 44.2 Å².